The van der Waals surface area contributed by atoms with Crippen LogP contribution >= 0.6 is 0 Å². The molecule has 1 fully saturated rings. The zero-order chi connectivity index (χ0) is 21.1. The maximum Gasteiger partial charge on any atom is 0.253 e. The molecule has 1 N–H and O–H groups in total. The van der Waals surface area contributed by atoms with E-state index in [0.717, 1.165) is 29.4 Å². The first-order chi connectivity index (χ1) is 14.5. The number of methoxy groups -OCH3 is 1. The molecule has 0 atom stereocenters. The van der Waals surface area contributed by atoms with E-state index >= 15 is 0 Å². The van der Waals surface area contributed by atoms with Crippen molar-refractivity contribution in [2.75, 3.05) is 25.5 Å². The average molecular weight is 407 g/mol. The van der Waals surface area contributed by atoms with Crippen molar-refractivity contribution in [2.45, 2.75) is 32.4 Å². The number of anilines is 1. The first kappa shape index (κ1) is 20.0. The van der Waals surface area contributed by atoms with E-state index in [1.807, 2.05) is 42.2 Å². The van der Waals surface area contributed by atoms with Gasteiger partial charge in [0.25, 0.3) is 5.91 Å². The summed E-state index contributed by atoms with van der Waals surface area (Å²) in [6.07, 6.45) is 1.89. The number of nitrogens with zero attached hydrogens (tertiary/aromatic N) is 4. The molecule has 2 aromatic carbocycles. The monoisotopic (exact) mass is 407 g/mol. The molecular weight excluding hydrogens is 382 g/mol. The van der Waals surface area contributed by atoms with Crippen LogP contribution in [-0.4, -0.2) is 58.0 Å². The van der Waals surface area contributed by atoms with Gasteiger partial charge in [-0.1, -0.05) is 18.2 Å². The Labute approximate surface area is 174 Å². The molecule has 2 heterocycles. The van der Waals surface area contributed by atoms with Crippen LogP contribution in [0.1, 0.15) is 28.8 Å². The molecule has 8 nitrogen and oxygen atoms in total. The second kappa shape index (κ2) is 8.62. The van der Waals surface area contributed by atoms with Gasteiger partial charge in [-0.2, -0.15) is 15.0 Å². The highest BCUT2D eigenvalue weighted by atomic mass is 16.5. The van der Waals surface area contributed by atoms with E-state index in [0.29, 0.717) is 24.3 Å². The molecule has 30 heavy (non-hydrogen) atoms. The van der Waals surface area contributed by atoms with Crippen LogP contribution in [0.3, 0.4) is 0 Å². The third-order valence-electron chi connectivity index (χ3n) is 5.43. The number of piperidine rings is 1. The number of nitrogens with one attached hydrogen (secondary N) is 1. The van der Waals surface area contributed by atoms with E-state index < -0.39 is 0 Å². The number of amides is 2. The largest absolute Gasteiger partial charge is 0.381 e. The molecular formula is C22H25N5O3. The number of hydrogen-bond acceptors (Lipinski definition) is 5. The fourth-order valence-electron chi connectivity index (χ4n) is 3.66. The van der Waals surface area contributed by atoms with Crippen LogP contribution in [0.5, 0.6) is 0 Å². The minimum absolute atomic E-state index is 0.00315. The predicted octanol–water partition coefficient (Wildman–Crippen LogP) is 2.63. The van der Waals surface area contributed by atoms with Crippen LogP contribution in [0.4, 0.5) is 5.69 Å². The zero-order valence-electron chi connectivity index (χ0n) is 17.2. The van der Waals surface area contributed by atoms with Gasteiger partial charge in [0.05, 0.1) is 6.10 Å². The third-order valence-corrected chi connectivity index (χ3v) is 5.43. The molecule has 4 rings (SSSR count). The molecule has 0 unspecified atom stereocenters. The van der Waals surface area contributed by atoms with E-state index in [1.54, 1.807) is 19.2 Å². The average Bonchev–Trinajstić information content (AvgIpc) is 3.17. The first-order valence-electron chi connectivity index (χ1n) is 10.1. The van der Waals surface area contributed by atoms with Gasteiger partial charge >= 0.3 is 0 Å². The predicted molar refractivity (Wildman–Crippen MR) is 113 cm³/mol. The number of rotatable bonds is 5. The maximum absolute atomic E-state index is 12.9. The fraction of sp³-hybridized carbons (Fsp3) is 0.364. The van der Waals surface area contributed by atoms with Gasteiger partial charge in [0, 0.05) is 31.5 Å². The van der Waals surface area contributed by atoms with E-state index in [9.17, 15) is 9.59 Å². The number of fused-ring (bicyclic) bond motifs is 1. The number of aryl methyl sites for hydroxylation is 1. The fourth-order valence-corrected chi connectivity index (χ4v) is 3.66. The Bertz CT molecular complexity index is 1040. The number of aromatic nitrogens is 3. The van der Waals surface area contributed by atoms with Gasteiger partial charge in [0.1, 0.15) is 17.6 Å². The molecule has 1 aliphatic heterocycles. The Morgan fingerprint density at radius 2 is 1.77 bits per heavy atom. The summed E-state index contributed by atoms with van der Waals surface area (Å²) in [5.74, 6) is -0.274. The minimum Gasteiger partial charge on any atom is -0.381 e. The summed E-state index contributed by atoms with van der Waals surface area (Å²) in [6.45, 7) is 3.24. The maximum atomic E-state index is 12.9. The molecule has 0 radical (unpaired) electrons. The molecule has 1 saturated heterocycles. The SMILES string of the molecule is COC1CCN(C(=O)c2ccc(C)c(NC(=O)Cn3nc4ccccc4n3)c2)CC1. The van der Waals surface area contributed by atoms with Crippen molar-refractivity contribution in [3.63, 3.8) is 0 Å². The molecule has 3 aromatic rings. The lowest BCUT2D eigenvalue weighted by Gasteiger charge is -2.31. The van der Waals surface area contributed by atoms with Crippen LogP contribution in [0, 0.1) is 6.92 Å². The summed E-state index contributed by atoms with van der Waals surface area (Å²) in [7, 11) is 1.71. The highest BCUT2D eigenvalue weighted by Gasteiger charge is 2.24. The Hall–Kier alpha value is -3.26. The van der Waals surface area contributed by atoms with Crippen LogP contribution in [0.15, 0.2) is 42.5 Å². The van der Waals surface area contributed by atoms with Gasteiger partial charge in [0.2, 0.25) is 5.91 Å². The smallest absolute Gasteiger partial charge is 0.253 e. The highest BCUT2D eigenvalue weighted by molar-refractivity contribution is 5.97. The van der Waals surface area contributed by atoms with Gasteiger partial charge in [0.15, 0.2) is 0 Å². The number of benzene rings is 2. The Balaban J connectivity index is 1.43. The number of hydrogen-bond donors (Lipinski definition) is 1. The first-order valence-corrected chi connectivity index (χ1v) is 10.1. The molecule has 1 aromatic heterocycles. The number of ether oxygens (including phenoxy) is 1. The normalized spacial score (nSPS) is 14.8. The van der Waals surface area contributed by atoms with Crippen molar-refractivity contribution in [3.8, 4) is 0 Å². The van der Waals surface area contributed by atoms with Gasteiger partial charge in [-0.15, -0.1) is 0 Å². The second-order valence-electron chi connectivity index (χ2n) is 7.52. The lowest BCUT2D eigenvalue weighted by Crippen LogP contribution is -2.40. The third kappa shape index (κ3) is 4.33. The molecule has 156 valence electrons. The number of carbonyl (C=O) groups excluding carboxylic acids is 2. The topological polar surface area (TPSA) is 89.4 Å². The summed E-state index contributed by atoms with van der Waals surface area (Å²) in [5, 5.41) is 11.5. The van der Waals surface area contributed by atoms with Crippen LogP contribution in [0.2, 0.25) is 0 Å². The van der Waals surface area contributed by atoms with Gasteiger partial charge in [-0.25, -0.2) is 0 Å². The summed E-state index contributed by atoms with van der Waals surface area (Å²) < 4.78 is 5.37. The van der Waals surface area contributed by atoms with Gasteiger partial charge in [-0.3, -0.25) is 9.59 Å². The van der Waals surface area contributed by atoms with E-state index in [1.165, 1.54) is 4.80 Å². The molecule has 0 bridgehead atoms. The lowest BCUT2D eigenvalue weighted by molar-refractivity contribution is -0.117. The van der Waals surface area contributed by atoms with Crippen molar-refractivity contribution in [1.29, 1.82) is 0 Å². The summed E-state index contributed by atoms with van der Waals surface area (Å²) in [6, 6.07) is 12.9. The highest BCUT2D eigenvalue weighted by Crippen LogP contribution is 2.21. The van der Waals surface area contributed by atoms with Crippen LogP contribution in [-0.2, 0) is 16.1 Å². The lowest BCUT2D eigenvalue weighted by atomic mass is 10.0. The standard InChI is InChI=1S/C22H25N5O3/c1-15-7-8-16(22(29)26-11-9-17(30-2)10-12-26)13-20(15)23-21(28)14-27-24-18-5-3-4-6-19(18)25-27/h3-8,13,17H,9-12,14H2,1-2H3,(H,23,28). The van der Waals surface area contributed by atoms with E-state index in [4.69, 9.17) is 4.74 Å². The molecule has 2 amide bonds. The Kier molecular flexibility index (Phi) is 5.76. The quantitative estimate of drug-likeness (QED) is 0.702. The van der Waals surface area contributed by atoms with Crippen molar-refractivity contribution in [2.24, 2.45) is 0 Å². The summed E-state index contributed by atoms with van der Waals surface area (Å²) >= 11 is 0. The van der Waals surface area contributed by atoms with E-state index in [2.05, 4.69) is 15.5 Å². The number of carbonyl (C=O) groups is 2. The van der Waals surface area contributed by atoms with Crippen LogP contribution < -0.4 is 5.32 Å². The van der Waals surface area contributed by atoms with Gasteiger partial charge < -0.3 is 15.0 Å². The van der Waals surface area contributed by atoms with Crippen molar-refractivity contribution in [1.82, 2.24) is 19.9 Å². The van der Waals surface area contributed by atoms with Crippen molar-refractivity contribution in [3.05, 3.63) is 53.6 Å². The Morgan fingerprint density at radius 1 is 1.10 bits per heavy atom. The molecule has 8 heteroatoms. The molecule has 0 saturated carbocycles. The summed E-state index contributed by atoms with van der Waals surface area (Å²) in [4.78, 5) is 28.6. The second-order valence-corrected chi connectivity index (χ2v) is 7.52. The van der Waals surface area contributed by atoms with Crippen molar-refractivity contribution >= 4 is 28.5 Å². The zero-order valence-corrected chi connectivity index (χ0v) is 17.2. The minimum atomic E-state index is -0.246. The molecule has 1 aliphatic rings. The van der Waals surface area contributed by atoms with Crippen LogP contribution in [0.25, 0.3) is 11.0 Å². The van der Waals surface area contributed by atoms with E-state index in [-0.39, 0.29) is 24.5 Å². The summed E-state index contributed by atoms with van der Waals surface area (Å²) in [5.41, 5.74) is 3.55. The Morgan fingerprint density at radius 3 is 2.40 bits per heavy atom. The number of likely N-dealkylation sites (tertiary alicyclic amines) is 1. The van der Waals surface area contributed by atoms with Gasteiger partial charge in [-0.05, 0) is 49.6 Å². The molecule has 0 aliphatic carbocycles. The molecule has 0 spiro atoms. The van der Waals surface area contributed by atoms with Crippen molar-refractivity contribution < 1.29 is 14.3 Å².